The molecule has 0 spiro atoms. The Balaban J connectivity index is 2.31. The fourth-order valence-electron chi connectivity index (χ4n) is 2.72. The monoisotopic (exact) mass is 218 g/mol. The summed E-state index contributed by atoms with van der Waals surface area (Å²) in [7, 11) is 0. The van der Waals surface area contributed by atoms with Crippen molar-refractivity contribution in [1.29, 1.82) is 0 Å². The minimum absolute atomic E-state index is 0.125. The summed E-state index contributed by atoms with van der Waals surface area (Å²) < 4.78 is 15.7. The van der Waals surface area contributed by atoms with Crippen molar-refractivity contribution in [2.24, 2.45) is 5.73 Å². The zero-order valence-corrected chi connectivity index (χ0v) is 9.17. The molecule has 2 N–H and O–H groups in total. The largest absolute Gasteiger partial charge is 0.347 e. The third kappa shape index (κ3) is 1.35. The third-order valence-corrected chi connectivity index (χ3v) is 3.36. The lowest BCUT2D eigenvalue weighted by atomic mass is 10.0. The van der Waals surface area contributed by atoms with Crippen LogP contribution in [-0.2, 0) is 19.4 Å². The van der Waals surface area contributed by atoms with Crippen LogP contribution in [0.5, 0.6) is 0 Å². The first kappa shape index (κ1) is 9.85. The van der Waals surface area contributed by atoms with Crippen molar-refractivity contribution in [3.8, 4) is 0 Å². The number of hydrogen-bond donors (Lipinski definition) is 1. The van der Waals surface area contributed by atoms with Gasteiger partial charge in [-0.1, -0.05) is 0 Å². The van der Waals surface area contributed by atoms with Crippen LogP contribution in [0.1, 0.15) is 17.5 Å². The molecule has 0 unspecified atom stereocenters. The van der Waals surface area contributed by atoms with Crippen molar-refractivity contribution in [3.63, 3.8) is 0 Å². The zero-order chi connectivity index (χ0) is 11.1. The van der Waals surface area contributed by atoms with Gasteiger partial charge in [0, 0.05) is 18.1 Å². The van der Waals surface area contributed by atoms with Gasteiger partial charge in [-0.25, -0.2) is 4.39 Å². The second-order valence-electron chi connectivity index (χ2n) is 4.45. The van der Waals surface area contributed by atoms with Crippen LogP contribution in [-0.4, -0.2) is 11.1 Å². The maximum absolute atomic E-state index is 13.5. The van der Waals surface area contributed by atoms with Crippen molar-refractivity contribution in [2.45, 2.75) is 25.8 Å². The minimum Gasteiger partial charge on any atom is -0.347 e. The van der Waals surface area contributed by atoms with Gasteiger partial charge in [0.05, 0.1) is 5.52 Å². The molecular formula is C13H15FN2. The Kier molecular flexibility index (Phi) is 2.21. The molecular weight excluding hydrogens is 203 g/mol. The molecule has 84 valence electrons. The SMILES string of the molecule is NCCc1cn2c3c(cc(F)cc13)CCC2. The van der Waals surface area contributed by atoms with Gasteiger partial charge in [-0.2, -0.15) is 0 Å². The molecule has 0 fully saturated rings. The molecule has 0 radical (unpaired) electrons. The summed E-state index contributed by atoms with van der Waals surface area (Å²) in [6.45, 7) is 1.66. The second kappa shape index (κ2) is 3.59. The average Bonchev–Trinajstić information content (AvgIpc) is 2.59. The number of rotatable bonds is 2. The summed E-state index contributed by atoms with van der Waals surface area (Å²) in [5, 5.41) is 1.06. The van der Waals surface area contributed by atoms with E-state index in [0.29, 0.717) is 6.54 Å². The van der Waals surface area contributed by atoms with Crippen LogP contribution in [0.4, 0.5) is 4.39 Å². The molecule has 0 bridgehead atoms. The first-order chi connectivity index (χ1) is 7.79. The quantitative estimate of drug-likeness (QED) is 0.823. The van der Waals surface area contributed by atoms with Crippen LogP contribution in [0.3, 0.4) is 0 Å². The fraction of sp³-hybridized carbons (Fsp3) is 0.385. The molecule has 1 aliphatic rings. The highest BCUT2D eigenvalue weighted by molar-refractivity contribution is 5.87. The Morgan fingerprint density at radius 3 is 3.06 bits per heavy atom. The lowest BCUT2D eigenvalue weighted by Gasteiger charge is -2.15. The summed E-state index contributed by atoms with van der Waals surface area (Å²) in [6.07, 6.45) is 5.05. The molecule has 0 atom stereocenters. The number of nitrogens with two attached hydrogens (primary N) is 1. The topological polar surface area (TPSA) is 30.9 Å². The lowest BCUT2D eigenvalue weighted by molar-refractivity contribution is 0.610. The third-order valence-electron chi connectivity index (χ3n) is 3.36. The van der Waals surface area contributed by atoms with Gasteiger partial charge in [-0.15, -0.1) is 0 Å². The molecule has 16 heavy (non-hydrogen) atoms. The van der Waals surface area contributed by atoms with Gasteiger partial charge in [-0.3, -0.25) is 0 Å². The van der Waals surface area contributed by atoms with Gasteiger partial charge in [0.25, 0.3) is 0 Å². The van der Waals surface area contributed by atoms with Gasteiger partial charge >= 0.3 is 0 Å². The van der Waals surface area contributed by atoms with Crippen molar-refractivity contribution in [2.75, 3.05) is 6.54 Å². The molecule has 1 aromatic heterocycles. The molecule has 0 aliphatic carbocycles. The number of aromatic nitrogens is 1. The molecule has 2 heterocycles. The molecule has 0 saturated carbocycles. The van der Waals surface area contributed by atoms with Gasteiger partial charge in [-0.05, 0) is 49.1 Å². The van der Waals surface area contributed by atoms with Crippen molar-refractivity contribution >= 4 is 10.9 Å². The highest BCUT2D eigenvalue weighted by Gasteiger charge is 2.16. The Morgan fingerprint density at radius 1 is 1.38 bits per heavy atom. The summed E-state index contributed by atoms with van der Waals surface area (Å²) in [6, 6.07) is 3.32. The Bertz CT molecular complexity index is 542. The first-order valence-electron chi connectivity index (χ1n) is 5.80. The van der Waals surface area contributed by atoms with Crippen molar-refractivity contribution in [3.05, 3.63) is 35.3 Å². The van der Waals surface area contributed by atoms with E-state index in [4.69, 9.17) is 5.73 Å². The molecule has 2 nitrogen and oxygen atoms in total. The van der Waals surface area contributed by atoms with Crippen LogP contribution < -0.4 is 5.73 Å². The highest BCUT2D eigenvalue weighted by Crippen LogP contribution is 2.30. The Labute approximate surface area is 93.9 Å². The predicted molar refractivity (Wildman–Crippen MR) is 63.0 cm³/mol. The molecule has 0 saturated heterocycles. The molecule has 1 aromatic carbocycles. The maximum Gasteiger partial charge on any atom is 0.124 e. The van der Waals surface area contributed by atoms with E-state index in [9.17, 15) is 4.39 Å². The van der Waals surface area contributed by atoms with E-state index in [2.05, 4.69) is 10.8 Å². The summed E-state index contributed by atoms with van der Waals surface area (Å²) in [5.74, 6) is -0.125. The van der Waals surface area contributed by atoms with Gasteiger partial charge in [0.2, 0.25) is 0 Å². The normalized spacial score (nSPS) is 14.6. The van der Waals surface area contributed by atoms with Crippen LogP contribution in [0.15, 0.2) is 18.3 Å². The van der Waals surface area contributed by atoms with E-state index >= 15 is 0 Å². The van der Waals surface area contributed by atoms with E-state index in [1.165, 1.54) is 11.1 Å². The van der Waals surface area contributed by atoms with Gasteiger partial charge in [0.1, 0.15) is 5.82 Å². The van der Waals surface area contributed by atoms with E-state index in [1.807, 2.05) is 0 Å². The van der Waals surface area contributed by atoms with Crippen molar-refractivity contribution in [1.82, 2.24) is 4.57 Å². The van der Waals surface area contributed by atoms with E-state index in [-0.39, 0.29) is 5.82 Å². The first-order valence-corrected chi connectivity index (χ1v) is 5.80. The Morgan fingerprint density at radius 2 is 2.25 bits per heavy atom. The number of nitrogens with zero attached hydrogens (tertiary/aromatic N) is 1. The van der Waals surface area contributed by atoms with E-state index in [0.717, 1.165) is 36.8 Å². The second-order valence-corrected chi connectivity index (χ2v) is 4.45. The summed E-state index contributed by atoms with van der Waals surface area (Å²) >= 11 is 0. The maximum atomic E-state index is 13.5. The molecule has 1 aliphatic heterocycles. The molecule has 2 aromatic rings. The lowest BCUT2D eigenvalue weighted by Crippen LogP contribution is -2.06. The zero-order valence-electron chi connectivity index (χ0n) is 9.17. The fourth-order valence-corrected chi connectivity index (χ4v) is 2.72. The molecule has 3 heteroatoms. The summed E-state index contributed by atoms with van der Waals surface area (Å²) in [5.41, 5.74) is 9.13. The van der Waals surface area contributed by atoms with Crippen molar-refractivity contribution < 1.29 is 4.39 Å². The molecule has 0 amide bonds. The van der Waals surface area contributed by atoms with E-state index < -0.39 is 0 Å². The van der Waals surface area contributed by atoms with Crippen LogP contribution in [0.2, 0.25) is 0 Å². The molecule has 3 rings (SSSR count). The summed E-state index contributed by atoms with van der Waals surface area (Å²) in [4.78, 5) is 0. The van der Waals surface area contributed by atoms with E-state index in [1.54, 1.807) is 12.1 Å². The smallest absolute Gasteiger partial charge is 0.124 e. The van der Waals surface area contributed by atoms with Crippen LogP contribution in [0.25, 0.3) is 10.9 Å². The van der Waals surface area contributed by atoms with Gasteiger partial charge in [0.15, 0.2) is 0 Å². The Hall–Kier alpha value is -1.35. The number of hydrogen-bond acceptors (Lipinski definition) is 1. The minimum atomic E-state index is -0.125. The van der Waals surface area contributed by atoms with Crippen LogP contribution in [0, 0.1) is 5.82 Å². The number of benzene rings is 1. The number of halogens is 1. The van der Waals surface area contributed by atoms with Gasteiger partial charge < -0.3 is 10.3 Å². The highest BCUT2D eigenvalue weighted by atomic mass is 19.1. The standard InChI is InChI=1S/C13H15FN2/c14-11-6-9-2-1-5-16-8-10(3-4-15)12(7-11)13(9)16/h6-8H,1-5,15H2. The average molecular weight is 218 g/mol. The van der Waals surface area contributed by atoms with Crippen LogP contribution >= 0.6 is 0 Å². The predicted octanol–water partition coefficient (Wildman–Crippen LogP) is 2.23. The number of aryl methyl sites for hydroxylation is 2.